The van der Waals surface area contributed by atoms with E-state index in [4.69, 9.17) is 27.1 Å². The molecular weight excluding hydrogens is 312 g/mol. The van der Waals surface area contributed by atoms with E-state index in [1.807, 2.05) is 6.07 Å². The minimum atomic E-state index is 0.149. The van der Waals surface area contributed by atoms with E-state index in [2.05, 4.69) is 15.2 Å². The number of halogens is 1. The fourth-order valence-electron chi connectivity index (χ4n) is 1.57. The first-order valence-electron chi connectivity index (χ1n) is 5.68. The van der Waals surface area contributed by atoms with E-state index >= 15 is 0 Å². The summed E-state index contributed by atoms with van der Waals surface area (Å²) in [6, 6.07) is 8.66. The summed E-state index contributed by atoms with van der Waals surface area (Å²) in [7, 11) is 0. The molecule has 3 rings (SSSR count). The molecule has 21 heavy (non-hydrogen) atoms. The molecule has 2 N–H and O–H groups in total. The third kappa shape index (κ3) is 2.56. The second-order valence-corrected chi connectivity index (χ2v) is 5.24. The van der Waals surface area contributed by atoms with Crippen molar-refractivity contribution in [3.05, 3.63) is 41.2 Å². The van der Waals surface area contributed by atoms with Crippen LogP contribution in [0.25, 0.3) is 11.6 Å². The van der Waals surface area contributed by atoms with E-state index in [0.29, 0.717) is 26.8 Å². The van der Waals surface area contributed by atoms with Crippen molar-refractivity contribution < 1.29 is 4.42 Å². The first kappa shape index (κ1) is 13.5. The summed E-state index contributed by atoms with van der Waals surface area (Å²) in [5.74, 6) is 6.85. The van der Waals surface area contributed by atoms with Crippen LogP contribution in [0.5, 0.6) is 0 Å². The van der Waals surface area contributed by atoms with E-state index in [1.165, 1.54) is 22.7 Å². The highest BCUT2D eigenvalue weighted by Crippen LogP contribution is 2.28. The average molecular weight is 319 g/mol. The van der Waals surface area contributed by atoms with Crippen molar-refractivity contribution in [3.63, 3.8) is 0 Å². The van der Waals surface area contributed by atoms with Gasteiger partial charge in [0.25, 0.3) is 0 Å². The summed E-state index contributed by atoms with van der Waals surface area (Å²) < 4.78 is 6.52. The Labute approximate surface area is 128 Å². The van der Waals surface area contributed by atoms with E-state index in [-0.39, 0.29) is 5.69 Å². The predicted molar refractivity (Wildman–Crippen MR) is 76.0 cm³/mol. The lowest BCUT2D eigenvalue weighted by molar-refractivity contribution is 0.574. The zero-order valence-corrected chi connectivity index (χ0v) is 12.0. The van der Waals surface area contributed by atoms with Crippen molar-refractivity contribution in [1.82, 2.24) is 19.9 Å². The van der Waals surface area contributed by atoms with Crippen molar-refractivity contribution in [3.8, 4) is 17.7 Å². The molecule has 0 fully saturated rings. The number of nitrogen functional groups attached to an aromatic ring is 1. The fourth-order valence-corrected chi connectivity index (χ4v) is 2.45. The molecule has 0 spiro atoms. The van der Waals surface area contributed by atoms with Crippen LogP contribution in [0, 0.1) is 11.3 Å². The van der Waals surface area contributed by atoms with Gasteiger partial charge in [-0.1, -0.05) is 11.6 Å². The van der Waals surface area contributed by atoms with Crippen LogP contribution < -0.4 is 5.84 Å². The molecule has 0 radical (unpaired) electrons. The van der Waals surface area contributed by atoms with Crippen LogP contribution in [-0.2, 0) is 0 Å². The molecular formula is C12H7ClN6OS. The SMILES string of the molecule is N#Cc1nc(Sc2nnc(-c3ccco3)n2N)ccc1Cl. The van der Waals surface area contributed by atoms with Gasteiger partial charge in [-0.25, -0.2) is 9.66 Å². The van der Waals surface area contributed by atoms with E-state index in [9.17, 15) is 0 Å². The Kier molecular flexibility index (Phi) is 3.51. The van der Waals surface area contributed by atoms with Gasteiger partial charge in [0.2, 0.25) is 11.0 Å². The molecule has 7 nitrogen and oxygen atoms in total. The van der Waals surface area contributed by atoms with Gasteiger partial charge in [0.05, 0.1) is 11.3 Å². The average Bonchev–Trinajstić information content (AvgIpc) is 3.12. The third-order valence-electron chi connectivity index (χ3n) is 2.53. The molecule has 0 saturated heterocycles. The molecule has 0 aliphatic heterocycles. The van der Waals surface area contributed by atoms with Crippen LogP contribution in [0.2, 0.25) is 5.02 Å². The highest BCUT2D eigenvalue weighted by atomic mass is 35.5. The maximum atomic E-state index is 8.92. The molecule has 104 valence electrons. The van der Waals surface area contributed by atoms with Crippen LogP contribution in [-0.4, -0.2) is 19.9 Å². The van der Waals surface area contributed by atoms with Crippen LogP contribution >= 0.6 is 23.4 Å². The number of nitrogens with two attached hydrogens (primary N) is 1. The standard InChI is InChI=1S/C12H7ClN6OS/c13-7-3-4-10(16-8(7)6-14)21-12-18-17-11(19(12)15)9-2-1-5-20-9/h1-5H,15H2. The van der Waals surface area contributed by atoms with E-state index < -0.39 is 0 Å². The lowest BCUT2D eigenvalue weighted by atomic mass is 10.4. The summed E-state index contributed by atoms with van der Waals surface area (Å²) in [4.78, 5) is 4.11. The lowest BCUT2D eigenvalue weighted by Gasteiger charge is -2.02. The van der Waals surface area contributed by atoms with Crippen molar-refractivity contribution in [1.29, 1.82) is 5.26 Å². The highest BCUT2D eigenvalue weighted by molar-refractivity contribution is 7.99. The van der Waals surface area contributed by atoms with Gasteiger partial charge in [0, 0.05) is 0 Å². The van der Waals surface area contributed by atoms with Crippen molar-refractivity contribution in [2.45, 2.75) is 10.2 Å². The van der Waals surface area contributed by atoms with Crippen LogP contribution in [0.1, 0.15) is 5.69 Å². The summed E-state index contributed by atoms with van der Waals surface area (Å²) >= 11 is 7.01. The van der Waals surface area contributed by atoms with Crippen LogP contribution in [0.3, 0.4) is 0 Å². The highest BCUT2D eigenvalue weighted by Gasteiger charge is 2.15. The summed E-state index contributed by atoms with van der Waals surface area (Å²) in [6.07, 6.45) is 1.52. The minimum Gasteiger partial charge on any atom is -0.461 e. The molecule has 0 unspecified atom stereocenters. The molecule has 0 amide bonds. The number of nitriles is 1. The lowest BCUT2D eigenvalue weighted by Crippen LogP contribution is -2.11. The van der Waals surface area contributed by atoms with Gasteiger partial charge in [-0.2, -0.15) is 5.26 Å². The smallest absolute Gasteiger partial charge is 0.218 e. The van der Waals surface area contributed by atoms with Crippen LogP contribution in [0.4, 0.5) is 0 Å². The van der Waals surface area contributed by atoms with Crippen molar-refractivity contribution in [2.24, 2.45) is 0 Å². The zero-order chi connectivity index (χ0) is 14.8. The van der Waals surface area contributed by atoms with Crippen molar-refractivity contribution >= 4 is 23.4 Å². The molecule has 0 bridgehead atoms. The second kappa shape index (κ2) is 5.47. The molecule has 0 saturated carbocycles. The summed E-state index contributed by atoms with van der Waals surface area (Å²) in [5.41, 5.74) is 0.149. The van der Waals surface area contributed by atoms with Crippen LogP contribution in [0.15, 0.2) is 45.1 Å². The molecule has 3 heterocycles. The number of aromatic nitrogens is 4. The van der Waals surface area contributed by atoms with Gasteiger partial charge < -0.3 is 10.3 Å². The van der Waals surface area contributed by atoms with Gasteiger partial charge in [-0.15, -0.1) is 10.2 Å². The Morgan fingerprint density at radius 2 is 2.19 bits per heavy atom. The first-order chi connectivity index (χ1) is 10.2. The third-order valence-corrected chi connectivity index (χ3v) is 3.73. The maximum absolute atomic E-state index is 8.92. The summed E-state index contributed by atoms with van der Waals surface area (Å²) in [6.45, 7) is 0. The Balaban J connectivity index is 1.91. The molecule has 3 aromatic heterocycles. The van der Waals surface area contributed by atoms with E-state index in [0.717, 1.165) is 0 Å². The summed E-state index contributed by atoms with van der Waals surface area (Å²) in [5, 5.41) is 18.1. The number of nitrogens with zero attached hydrogens (tertiary/aromatic N) is 5. The van der Waals surface area contributed by atoms with Gasteiger partial charge in [-0.05, 0) is 36.0 Å². The largest absolute Gasteiger partial charge is 0.461 e. The minimum absolute atomic E-state index is 0.149. The Morgan fingerprint density at radius 3 is 2.90 bits per heavy atom. The maximum Gasteiger partial charge on any atom is 0.218 e. The molecule has 0 aliphatic rings. The van der Waals surface area contributed by atoms with Crippen molar-refractivity contribution in [2.75, 3.05) is 5.84 Å². The fraction of sp³-hybridized carbons (Fsp3) is 0. The Morgan fingerprint density at radius 1 is 1.33 bits per heavy atom. The molecule has 3 aromatic rings. The monoisotopic (exact) mass is 318 g/mol. The topological polar surface area (TPSA) is 107 Å². The first-order valence-corrected chi connectivity index (χ1v) is 6.87. The molecule has 0 atom stereocenters. The van der Waals surface area contributed by atoms with Gasteiger partial charge in [0.15, 0.2) is 11.5 Å². The Bertz CT molecular complexity index is 823. The van der Waals surface area contributed by atoms with Gasteiger partial charge in [-0.3, -0.25) is 0 Å². The molecule has 0 aliphatic carbocycles. The van der Waals surface area contributed by atoms with E-state index in [1.54, 1.807) is 24.3 Å². The predicted octanol–water partition coefficient (Wildman–Crippen LogP) is 2.32. The number of rotatable bonds is 3. The number of hydrogen-bond donors (Lipinski definition) is 1. The zero-order valence-electron chi connectivity index (χ0n) is 10.4. The second-order valence-electron chi connectivity index (χ2n) is 3.85. The quantitative estimate of drug-likeness (QED) is 0.738. The van der Waals surface area contributed by atoms with Gasteiger partial charge >= 0.3 is 0 Å². The molecule has 9 heteroatoms. The van der Waals surface area contributed by atoms with Gasteiger partial charge in [0.1, 0.15) is 11.1 Å². The number of hydrogen-bond acceptors (Lipinski definition) is 7. The molecule has 0 aromatic carbocycles. The normalized spacial score (nSPS) is 10.5. The Hall–Kier alpha value is -2.50. The number of furan rings is 1. The number of pyridine rings is 1.